The molecule has 0 spiro atoms. The van der Waals surface area contributed by atoms with Crippen LogP contribution in [0, 0.1) is 0 Å². The average molecular weight is 244 g/mol. The van der Waals surface area contributed by atoms with E-state index in [0.29, 0.717) is 5.69 Å². The van der Waals surface area contributed by atoms with Crippen molar-refractivity contribution in [2.75, 3.05) is 11.1 Å². The lowest BCUT2D eigenvalue weighted by Crippen LogP contribution is -2.41. The van der Waals surface area contributed by atoms with Crippen molar-refractivity contribution in [2.45, 2.75) is 37.9 Å². The first-order valence-corrected chi connectivity index (χ1v) is 5.55. The molecular formula is C12H15F3N2. The van der Waals surface area contributed by atoms with Crippen LogP contribution in [-0.2, 0) is 6.18 Å². The summed E-state index contributed by atoms with van der Waals surface area (Å²) in [6, 6.07) is 3.97. The van der Waals surface area contributed by atoms with Gasteiger partial charge in [-0.2, -0.15) is 13.2 Å². The molecule has 17 heavy (non-hydrogen) atoms. The van der Waals surface area contributed by atoms with Gasteiger partial charge >= 0.3 is 6.18 Å². The zero-order valence-corrected chi connectivity index (χ0v) is 9.56. The maximum absolute atomic E-state index is 12.6. The van der Waals surface area contributed by atoms with Crippen molar-refractivity contribution >= 4 is 11.4 Å². The van der Waals surface area contributed by atoms with Gasteiger partial charge in [0, 0.05) is 16.9 Å². The fraction of sp³-hybridized carbons (Fsp3) is 0.500. The Kier molecular flexibility index (Phi) is 2.72. The Hall–Kier alpha value is -1.39. The zero-order chi connectivity index (χ0) is 12.7. The van der Waals surface area contributed by atoms with E-state index in [9.17, 15) is 13.2 Å². The molecule has 5 heteroatoms. The Morgan fingerprint density at radius 1 is 1.29 bits per heavy atom. The Morgan fingerprint density at radius 2 is 1.94 bits per heavy atom. The molecule has 0 unspecified atom stereocenters. The molecule has 3 N–H and O–H groups in total. The largest absolute Gasteiger partial charge is 0.418 e. The van der Waals surface area contributed by atoms with E-state index in [1.807, 2.05) is 6.92 Å². The molecule has 0 radical (unpaired) electrons. The third-order valence-electron chi connectivity index (χ3n) is 3.26. The van der Waals surface area contributed by atoms with Crippen LogP contribution in [0.5, 0.6) is 0 Å². The summed E-state index contributed by atoms with van der Waals surface area (Å²) in [4.78, 5) is 0. The average Bonchev–Trinajstić information content (AvgIpc) is 2.17. The number of nitrogen functional groups attached to an aromatic ring is 1. The van der Waals surface area contributed by atoms with Crippen LogP contribution in [0.25, 0.3) is 0 Å². The van der Waals surface area contributed by atoms with Crippen LogP contribution in [0.1, 0.15) is 31.7 Å². The number of hydrogen-bond donors (Lipinski definition) is 2. The molecule has 1 aliphatic carbocycles. The van der Waals surface area contributed by atoms with Crippen LogP contribution in [0.2, 0.25) is 0 Å². The van der Waals surface area contributed by atoms with Gasteiger partial charge in [0.05, 0.1) is 5.56 Å². The molecule has 1 saturated carbocycles. The third-order valence-corrected chi connectivity index (χ3v) is 3.26. The molecule has 2 nitrogen and oxygen atoms in total. The summed E-state index contributed by atoms with van der Waals surface area (Å²) in [6.07, 6.45) is -1.32. The Balaban J connectivity index is 2.25. The van der Waals surface area contributed by atoms with E-state index in [0.717, 1.165) is 25.3 Å². The molecule has 1 fully saturated rings. The topological polar surface area (TPSA) is 38.0 Å². The Labute approximate surface area is 98.0 Å². The van der Waals surface area contributed by atoms with Gasteiger partial charge in [0.15, 0.2) is 0 Å². The highest BCUT2D eigenvalue weighted by Gasteiger charge is 2.35. The highest BCUT2D eigenvalue weighted by Crippen LogP contribution is 2.38. The summed E-state index contributed by atoms with van der Waals surface area (Å²) < 4.78 is 37.9. The summed E-state index contributed by atoms with van der Waals surface area (Å²) in [6.45, 7) is 2.01. The predicted octanol–water partition coefficient (Wildman–Crippen LogP) is 3.64. The van der Waals surface area contributed by atoms with Crippen molar-refractivity contribution in [3.05, 3.63) is 23.8 Å². The number of anilines is 2. The van der Waals surface area contributed by atoms with Gasteiger partial charge in [0.25, 0.3) is 0 Å². The van der Waals surface area contributed by atoms with E-state index in [2.05, 4.69) is 5.32 Å². The highest BCUT2D eigenvalue weighted by molar-refractivity contribution is 5.59. The SMILES string of the molecule is CC1(Nc2ccc(N)c(C(F)(F)F)c2)CCC1. The molecular weight excluding hydrogens is 229 g/mol. The summed E-state index contributed by atoms with van der Waals surface area (Å²) >= 11 is 0. The van der Waals surface area contributed by atoms with Crippen molar-refractivity contribution in [3.63, 3.8) is 0 Å². The number of hydrogen-bond acceptors (Lipinski definition) is 2. The van der Waals surface area contributed by atoms with Crippen LogP contribution in [0.4, 0.5) is 24.5 Å². The molecule has 1 aromatic carbocycles. The number of rotatable bonds is 2. The van der Waals surface area contributed by atoms with Crippen LogP contribution in [0.15, 0.2) is 18.2 Å². The molecule has 0 aromatic heterocycles. The van der Waals surface area contributed by atoms with E-state index in [4.69, 9.17) is 5.73 Å². The first-order valence-electron chi connectivity index (χ1n) is 5.55. The molecule has 94 valence electrons. The lowest BCUT2D eigenvalue weighted by molar-refractivity contribution is -0.136. The normalized spacial score (nSPS) is 18.6. The Bertz CT molecular complexity index is 422. The minimum atomic E-state index is -4.40. The molecule has 0 amide bonds. The van der Waals surface area contributed by atoms with E-state index < -0.39 is 11.7 Å². The van der Waals surface area contributed by atoms with Crippen LogP contribution >= 0.6 is 0 Å². The first kappa shape index (κ1) is 12.1. The molecule has 0 bridgehead atoms. The lowest BCUT2D eigenvalue weighted by Gasteiger charge is -2.40. The number of halogens is 3. The molecule has 0 heterocycles. The van der Waals surface area contributed by atoms with Gasteiger partial charge in [-0.1, -0.05) is 0 Å². The second-order valence-electron chi connectivity index (χ2n) is 4.84. The van der Waals surface area contributed by atoms with E-state index in [1.54, 1.807) is 6.07 Å². The van der Waals surface area contributed by atoms with Gasteiger partial charge in [-0.15, -0.1) is 0 Å². The number of alkyl halides is 3. The second-order valence-corrected chi connectivity index (χ2v) is 4.84. The third kappa shape index (κ3) is 2.48. The summed E-state index contributed by atoms with van der Waals surface area (Å²) in [7, 11) is 0. The molecule has 0 atom stereocenters. The minimum Gasteiger partial charge on any atom is -0.398 e. The van der Waals surface area contributed by atoms with Crippen molar-refractivity contribution in [1.82, 2.24) is 0 Å². The molecule has 0 saturated heterocycles. The van der Waals surface area contributed by atoms with E-state index in [1.165, 1.54) is 6.07 Å². The maximum Gasteiger partial charge on any atom is 0.418 e. The number of nitrogens with one attached hydrogen (secondary N) is 1. The van der Waals surface area contributed by atoms with E-state index in [-0.39, 0.29) is 11.2 Å². The fourth-order valence-electron chi connectivity index (χ4n) is 2.06. The van der Waals surface area contributed by atoms with Crippen molar-refractivity contribution < 1.29 is 13.2 Å². The monoisotopic (exact) mass is 244 g/mol. The summed E-state index contributed by atoms with van der Waals surface area (Å²) in [5.74, 6) is 0. The number of nitrogens with two attached hydrogens (primary N) is 1. The van der Waals surface area contributed by atoms with Crippen LogP contribution in [0.3, 0.4) is 0 Å². The van der Waals surface area contributed by atoms with Gasteiger partial charge in [0.2, 0.25) is 0 Å². The van der Waals surface area contributed by atoms with Gasteiger partial charge < -0.3 is 11.1 Å². The zero-order valence-electron chi connectivity index (χ0n) is 9.56. The highest BCUT2D eigenvalue weighted by atomic mass is 19.4. The number of benzene rings is 1. The molecule has 0 aliphatic heterocycles. The predicted molar refractivity (Wildman–Crippen MR) is 61.7 cm³/mol. The molecule has 2 rings (SSSR count). The van der Waals surface area contributed by atoms with Crippen LogP contribution < -0.4 is 11.1 Å². The summed E-state index contributed by atoms with van der Waals surface area (Å²) in [5, 5.41) is 3.14. The van der Waals surface area contributed by atoms with Gasteiger partial charge in [-0.3, -0.25) is 0 Å². The van der Waals surface area contributed by atoms with Gasteiger partial charge in [-0.25, -0.2) is 0 Å². The van der Waals surface area contributed by atoms with Gasteiger partial charge in [-0.05, 0) is 44.4 Å². The second kappa shape index (κ2) is 3.82. The van der Waals surface area contributed by atoms with Gasteiger partial charge in [0.1, 0.15) is 0 Å². The van der Waals surface area contributed by atoms with Crippen molar-refractivity contribution in [3.8, 4) is 0 Å². The van der Waals surface area contributed by atoms with Crippen molar-refractivity contribution in [2.24, 2.45) is 0 Å². The quantitative estimate of drug-likeness (QED) is 0.779. The lowest BCUT2D eigenvalue weighted by atomic mass is 9.78. The van der Waals surface area contributed by atoms with Crippen molar-refractivity contribution in [1.29, 1.82) is 0 Å². The standard InChI is InChI=1S/C12H15F3N2/c1-11(5-2-6-11)17-8-3-4-10(16)9(7-8)12(13,14)15/h3-4,7,17H,2,5-6,16H2,1H3. The minimum absolute atomic E-state index is 0.0705. The maximum atomic E-state index is 12.6. The Morgan fingerprint density at radius 3 is 2.41 bits per heavy atom. The fourth-order valence-corrected chi connectivity index (χ4v) is 2.06. The summed E-state index contributed by atoms with van der Waals surface area (Å²) in [5.41, 5.74) is 4.74. The first-order chi connectivity index (χ1) is 7.80. The molecule has 1 aliphatic rings. The molecule has 1 aromatic rings. The smallest absolute Gasteiger partial charge is 0.398 e. The van der Waals surface area contributed by atoms with E-state index >= 15 is 0 Å². The van der Waals surface area contributed by atoms with Crippen LogP contribution in [-0.4, -0.2) is 5.54 Å².